The van der Waals surface area contributed by atoms with Crippen LogP contribution < -0.4 is 4.74 Å². The van der Waals surface area contributed by atoms with Crippen LogP contribution in [0.4, 0.5) is 0 Å². The highest BCUT2D eigenvalue weighted by Crippen LogP contribution is 2.35. The van der Waals surface area contributed by atoms with Crippen molar-refractivity contribution in [2.24, 2.45) is 5.92 Å². The first-order chi connectivity index (χ1) is 7.18. The first-order valence-corrected chi connectivity index (χ1v) is 5.13. The van der Waals surface area contributed by atoms with Gasteiger partial charge in [0.2, 0.25) is 0 Å². The van der Waals surface area contributed by atoms with Crippen LogP contribution in [0, 0.1) is 12.8 Å². The molecule has 1 unspecified atom stereocenters. The van der Waals surface area contributed by atoms with Gasteiger partial charge in [-0.25, -0.2) is 4.79 Å². The summed E-state index contributed by atoms with van der Waals surface area (Å²) in [7, 11) is 0. The lowest BCUT2D eigenvalue weighted by Gasteiger charge is -2.15. The Kier molecular flexibility index (Phi) is 2.62. The normalized spacial score (nSPS) is 17.1. The van der Waals surface area contributed by atoms with E-state index in [0.717, 1.165) is 18.4 Å². The van der Waals surface area contributed by atoms with E-state index in [9.17, 15) is 4.79 Å². The topological polar surface area (TPSA) is 46.5 Å². The summed E-state index contributed by atoms with van der Waals surface area (Å²) >= 11 is 0. The Hall–Kier alpha value is -1.51. The van der Waals surface area contributed by atoms with Crippen molar-refractivity contribution in [2.45, 2.75) is 25.9 Å². The molecule has 0 spiro atoms. The van der Waals surface area contributed by atoms with Crippen LogP contribution in [0.15, 0.2) is 24.3 Å². The van der Waals surface area contributed by atoms with Crippen molar-refractivity contribution in [3.63, 3.8) is 0 Å². The van der Waals surface area contributed by atoms with Crippen LogP contribution in [0.5, 0.6) is 5.75 Å². The Morgan fingerprint density at radius 3 is 2.67 bits per heavy atom. The van der Waals surface area contributed by atoms with Crippen molar-refractivity contribution >= 4 is 5.97 Å². The molecule has 1 aliphatic carbocycles. The number of para-hydroxylation sites is 1. The summed E-state index contributed by atoms with van der Waals surface area (Å²) in [4.78, 5) is 11.0. The number of hydrogen-bond acceptors (Lipinski definition) is 2. The number of hydrogen-bond donors (Lipinski definition) is 1. The van der Waals surface area contributed by atoms with E-state index in [1.54, 1.807) is 0 Å². The molecule has 1 atom stereocenters. The monoisotopic (exact) mass is 206 g/mol. The van der Waals surface area contributed by atoms with Gasteiger partial charge in [-0.2, -0.15) is 0 Å². The standard InChI is InChI=1S/C12H14O3/c1-8-4-2-3-5-10(8)15-11(12(13)14)9-6-7-9/h2-5,9,11H,6-7H2,1H3,(H,13,14). The van der Waals surface area contributed by atoms with Gasteiger partial charge in [0.25, 0.3) is 0 Å². The van der Waals surface area contributed by atoms with E-state index in [1.807, 2.05) is 31.2 Å². The zero-order valence-electron chi connectivity index (χ0n) is 8.64. The maximum Gasteiger partial charge on any atom is 0.345 e. The van der Waals surface area contributed by atoms with Gasteiger partial charge >= 0.3 is 5.97 Å². The largest absolute Gasteiger partial charge is 0.478 e. The van der Waals surface area contributed by atoms with E-state index in [2.05, 4.69) is 0 Å². The highest BCUT2D eigenvalue weighted by atomic mass is 16.5. The first-order valence-electron chi connectivity index (χ1n) is 5.13. The Morgan fingerprint density at radius 1 is 1.47 bits per heavy atom. The highest BCUT2D eigenvalue weighted by Gasteiger charge is 2.38. The molecular formula is C12H14O3. The number of aliphatic carboxylic acids is 1. The van der Waals surface area contributed by atoms with Gasteiger partial charge in [-0.3, -0.25) is 0 Å². The molecule has 80 valence electrons. The molecule has 1 aliphatic rings. The van der Waals surface area contributed by atoms with Crippen molar-refractivity contribution < 1.29 is 14.6 Å². The maximum atomic E-state index is 11.0. The lowest BCUT2D eigenvalue weighted by Crippen LogP contribution is -2.29. The number of ether oxygens (including phenoxy) is 1. The smallest absolute Gasteiger partial charge is 0.345 e. The quantitative estimate of drug-likeness (QED) is 0.821. The van der Waals surface area contributed by atoms with Crippen LogP contribution in [0.2, 0.25) is 0 Å². The van der Waals surface area contributed by atoms with E-state index in [0.29, 0.717) is 5.75 Å². The van der Waals surface area contributed by atoms with Gasteiger partial charge in [0.15, 0.2) is 6.10 Å². The molecule has 0 radical (unpaired) electrons. The SMILES string of the molecule is Cc1ccccc1OC(C(=O)O)C1CC1. The van der Waals surface area contributed by atoms with E-state index in [1.165, 1.54) is 0 Å². The molecule has 15 heavy (non-hydrogen) atoms. The molecule has 0 aliphatic heterocycles. The van der Waals surface area contributed by atoms with Gasteiger partial charge in [0.1, 0.15) is 5.75 Å². The second kappa shape index (κ2) is 3.93. The van der Waals surface area contributed by atoms with E-state index >= 15 is 0 Å². The molecule has 3 heteroatoms. The molecular weight excluding hydrogens is 192 g/mol. The molecule has 0 bridgehead atoms. The minimum atomic E-state index is -0.860. The van der Waals surface area contributed by atoms with Crippen LogP contribution >= 0.6 is 0 Å². The fraction of sp³-hybridized carbons (Fsp3) is 0.417. The van der Waals surface area contributed by atoms with Gasteiger partial charge in [-0.05, 0) is 31.4 Å². The Morgan fingerprint density at radius 2 is 2.13 bits per heavy atom. The molecule has 0 amide bonds. The van der Waals surface area contributed by atoms with Gasteiger partial charge in [-0.1, -0.05) is 18.2 Å². The molecule has 0 saturated heterocycles. The minimum absolute atomic E-state index is 0.196. The predicted molar refractivity (Wildman–Crippen MR) is 56.0 cm³/mol. The zero-order valence-corrected chi connectivity index (χ0v) is 8.64. The summed E-state index contributed by atoms with van der Waals surface area (Å²) in [6.45, 7) is 1.92. The fourth-order valence-electron chi connectivity index (χ4n) is 1.57. The Balaban J connectivity index is 2.12. The maximum absolute atomic E-state index is 11.0. The molecule has 0 heterocycles. The second-order valence-corrected chi connectivity index (χ2v) is 3.98. The van der Waals surface area contributed by atoms with Gasteiger partial charge in [0, 0.05) is 5.92 Å². The van der Waals surface area contributed by atoms with Crippen molar-refractivity contribution in [1.82, 2.24) is 0 Å². The number of carboxylic acid groups (broad SMARTS) is 1. The molecule has 1 fully saturated rings. The van der Waals surface area contributed by atoms with Crippen LogP contribution in [0.1, 0.15) is 18.4 Å². The van der Waals surface area contributed by atoms with E-state index in [4.69, 9.17) is 9.84 Å². The number of benzene rings is 1. The molecule has 2 rings (SSSR count). The third kappa shape index (κ3) is 2.29. The molecule has 1 aromatic carbocycles. The van der Waals surface area contributed by atoms with Crippen LogP contribution in [-0.4, -0.2) is 17.2 Å². The lowest BCUT2D eigenvalue weighted by atomic mass is 10.2. The molecule has 1 saturated carbocycles. The van der Waals surface area contributed by atoms with E-state index in [-0.39, 0.29) is 5.92 Å². The lowest BCUT2D eigenvalue weighted by molar-refractivity contribution is -0.146. The summed E-state index contributed by atoms with van der Waals surface area (Å²) in [5.41, 5.74) is 0.976. The third-order valence-corrected chi connectivity index (χ3v) is 2.64. The average Bonchev–Trinajstić information content (AvgIpc) is 2.99. The predicted octanol–water partition coefficient (Wildman–Crippen LogP) is 2.24. The first kappa shape index (κ1) is 10.0. The van der Waals surface area contributed by atoms with E-state index < -0.39 is 12.1 Å². The van der Waals surface area contributed by atoms with Crippen molar-refractivity contribution in [1.29, 1.82) is 0 Å². The van der Waals surface area contributed by atoms with Gasteiger partial charge < -0.3 is 9.84 Å². The zero-order chi connectivity index (χ0) is 10.8. The molecule has 1 N–H and O–H groups in total. The Labute approximate surface area is 88.7 Å². The molecule has 0 aromatic heterocycles. The summed E-state index contributed by atoms with van der Waals surface area (Å²) in [5, 5.41) is 9.01. The minimum Gasteiger partial charge on any atom is -0.478 e. The number of rotatable bonds is 4. The van der Waals surface area contributed by atoms with Crippen LogP contribution in [-0.2, 0) is 4.79 Å². The summed E-state index contributed by atoms with van der Waals surface area (Å²) in [6, 6.07) is 7.50. The summed E-state index contributed by atoms with van der Waals surface area (Å²) in [6.07, 6.45) is 1.25. The van der Waals surface area contributed by atoms with Gasteiger partial charge in [-0.15, -0.1) is 0 Å². The number of carbonyl (C=O) groups is 1. The molecule has 3 nitrogen and oxygen atoms in total. The average molecular weight is 206 g/mol. The fourth-order valence-corrected chi connectivity index (χ4v) is 1.57. The van der Waals surface area contributed by atoms with Crippen LogP contribution in [0.25, 0.3) is 0 Å². The second-order valence-electron chi connectivity index (χ2n) is 3.98. The highest BCUT2D eigenvalue weighted by molar-refractivity contribution is 5.73. The summed E-state index contributed by atoms with van der Waals surface area (Å²) < 4.78 is 5.53. The number of aryl methyl sites for hydroxylation is 1. The van der Waals surface area contributed by atoms with Crippen molar-refractivity contribution in [3.8, 4) is 5.75 Å². The van der Waals surface area contributed by atoms with Gasteiger partial charge in [0.05, 0.1) is 0 Å². The number of carboxylic acids is 1. The van der Waals surface area contributed by atoms with Crippen molar-refractivity contribution in [2.75, 3.05) is 0 Å². The third-order valence-electron chi connectivity index (χ3n) is 2.64. The molecule has 1 aromatic rings. The van der Waals surface area contributed by atoms with Crippen LogP contribution in [0.3, 0.4) is 0 Å². The van der Waals surface area contributed by atoms with Crippen molar-refractivity contribution in [3.05, 3.63) is 29.8 Å². The Bertz CT molecular complexity index is 369. The summed E-state index contributed by atoms with van der Waals surface area (Å²) in [5.74, 6) is 0.0136.